The van der Waals surface area contributed by atoms with Crippen molar-refractivity contribution in [3.63, 3.8) is 0 Å². The summed E-state index contributed by atoms with van der Waals surface area (Å²) >= 11 is 0. The number of likely N-dealkylation sites (N-methyl/N-ethyl adjacent to an activating group) is 1. The Labute approximate surface area is 220 Å². The van der Waals surface area contributed by atoms with Gasteiger partial charge in [-0.2, -0.15) is 13.2 Å². The van der Waals surface area contributed by atoms with Crippen molar-refractivity contribution in [3.8, 4) is 0 Å². The van der Waals surface area contributed by atoms with Crippen LogP contribution in [0.4, 0.5) is 29.1 Å². The molecule has 1 aromatic heterocycles. The molecular weight excluding hydrogens is 521 g/mol. The smallest absolute Gasteiger partial charge is 0.381 e. The summed E-state index contributed by atoms with van der Waals surface area (Å²) in [5, 5.41) is 3.25. The normalized spacial score (nSPS) is 24.2. The lowest BCUT2D eigenvalue weighted by molar-refractivity contribution is -0.0958. The van der Waals surface area contributed by atoms with Gasteiger partial charge in [-0.1, -0.05) is 23.7 Å². The monoisotopic (exact) mass is 549 g/mol. The van der Waals surface area contributed by atoms with E-state index in [0.29, 0.717) is 19.3 Å². The van der Waals surface area contributed by atoms with Gasteiger partial charge in [-0.3, -0.25) is 4.72 Å². The van der Waals surface area contributed by atoms with E-state index in [0.717, 1.165) is 24.5 Å². The average Bonchev–Trinajstić information content (AvgIpc) is 2.86. The van der Waals surface area contributed by atoms with Crippen LogP contribution in [-0.4, -0.2) is 63.5 Å². The van der Waals surface area contributed by atoms with Gasteiger partial charge in [-0.15, -0.1) is 0 Å². The van der Waals surface area contributed by atoms with Gasteiger partial charge < -0.3 is 10.2 Å². The zero-order valence-corrected chi connectivity index (χ0v) is 21.7. The van der Waals surface area contributed by atoms with Crippen LogP contribution in [0.2, 0.25) is 0 Å². The predicted molar refractivity (Wildman–Crippen MR) is 138 cm³/mol. The van der Waals surface area contributed by atoms with Crippen LogP contribution in [0.3, 0.4) is 0 Å². The first kappa shape index (κ1) is 28.1. The van der Waals surface area contributed by atoms with Crippen molar-refractivity contribution in [2.45, 2.75) is 48.8 Å². The highest BCUT2D eigenvalue weighted by molar-refractivity contribution is 7.92. The topological polar surface area (TPSA) is 87.2 Å². The molecule has 4 rings (SSSR count). The molecule has 0 aliphatic heterocycles. The predicted octanol–water partition coefficient (Wildman–Crippen LogP) is 3.79. The molecule has 2 aromatic rings. The lowest BCUT2D eigenvalue weighted by Crippen LogP contribution is -2.49. The van der Waals surface area contributed by atoms with Crippen LogP contribution < -0.4 is 15.5 Å². The van der Waals surface area contributed by atoms with E-state index in [2.05, 4.69) is 20.0 Å². The van der Waals surface area contributed by atoms with Crippen LogP contribution in [0.15, 0.2) is 59.4 Å². The second-order valence-electron chi connectivity index (χ2n) is 9.87. The van der Waals surface area contributed by atoms with Crippen LogP contribution in [0, 0.1) is 17.7 Å². The Balaban J connectivity index is 1.48. The van der Waals surface area contributed by atoms with Crippen molar-refractivity contribution in [2.24, 2.45) is 11.8 Å². The highest BCUT2D eigenvalue weighted by atomic mass is 32.2. The molecule has 1 heterocycles. The second-order valence-corrected chi connectivity index (χ2v) is 11.5. The molecule has 7 nitrogen and oxygen atoms in total. The number of anilines is 2. The number of nitrogens with zero attached hydrogens (tertiary/aromatic N) is 3. The van der Waals surface area contributed by atoms with Gasteiger partial charge in [0, 0.05) is 29.5 Å². The van der Waals surface area contributed by atoms with Crippen LogP contribution in [-0.2, 0) is 10.0 Å². The highest BCUT2D eigenvalue weighted by Crippen LogP contribution is 2.41. The fourth-order valence-corrected chi connectivity index (χ4v) is 6.29. The number of sulfonamides is 1. The molecule has 0 amide bonds. The Bertz CT molecular complexity index is 1320. The fraction of sp³-hybridized carbons (Fsp3) is 0.440. The third kappa shape index (κ3) is 6.37. The van der Waals surface area contributed by atoms with E-state index in [1.165, 1.54) is 18.3 Å². The summed E-state index contributed by atoms with van der Waals surface area (Å²) in [5.74, 6) is -1.17. The number of nitrogens with one attached hydrogen (secondary N) is 2. The molecule has 0 spiro atoms. The number of alkyl halides is 3. The van der Waals surface area contributed by atoms with E-state index in [9.17, 15) is 21.6 Å². The standard InChI is InChI=1S/C25H28BF4N5O2S/c1-35(2)22-11-16(15-4-3-5-17(10-15)25(28,29)30)6-7-20(22)33-21-13-19(27)23(12-18(21)26)38(36,37)34-24-8-9-31-14-32-24/h3-5,8-9,12-16,20,22,33H,6-7,10-11H2,1-2H3,(H,31,32,34)/t15?,16-,20?,22-/m0/s1. The Morgan fingerprint density at radius 1 is 1.18 bits per heavy atom. The highest BCUT2D eigenvalue weighted by Gasteiger charge is 2.40. The molecule has 0 saturated heterocycles. The van der Waals surface area contributed by atoms with Crippen LogP contribution in [0.5, 0.6) is 0 Å². The van der Waals surface area contributed by atoms with Gasteiger partial charge in [0.15, 0.2) is 0 Å². The summed E-state index contributed by atoms with van der Waals surface area (Å²) in [6.45, 7) is 0. The molecule has 0 bridgehead atoms. The molecular formula is C25H28BF4N5O2S. The molecule has 38 heavy (non-hydrogen) atoms. The summed E-state index contributed by atoms with van der Waals surface area (Å²) in [4.78, 5) is 8.86. The van der Waals surface area contributed by atoms with Crippen molar-refractivity contribution in [1.82, 2.24) is 14.9 Å². The maximum atomic E-state index is 15.0. The quantitative estimate of drug-likeness (QED) is 0.404. The van der Waals surface area contributed by atoms with Gasteiger partial charge in [0.25, 0.3) is 10.0 Å². The molecule has 1 fully saturated rings. The summed E-state index contributed by atoms with van der Waals surface area (Å²) in [6, 6.07) is 3.19. The zero-order valence-electron chi connectivity index (χ0n) is 20.9. The minimum Gasteiger partial charge on any atom is -0.381 e. The van der Waals surface area contributed by atoms with Gasteiger partial charge >= 0.3 is 6.18 Å². The summed E-state index contributed by atoms with van der Waals surface area (Å²) in [5.41, 5.74) is -0.220. The minimum atomic E-state index is -4.34. The SMILES string of the molecule is [B]c1cc(S(=O)(=O)Nc2ccncn2)c(F)cc1NC1CC[C@H](C2C=CC=C(C(F)(F)F)C2)C[C@@H]1N(C)C. The lowest BCUT2D eigenvalue weighted by atomic mass is 9.72. The molecule has 2 N–H and O–H groups in total. The van der Waals surface area contributed by atoms with Crippen molar-refractivity contribution < 1.29 is 26.0 Å². The Hall–Kier alpha value is -2.93. The van der Waals surface area contributed by atoms with Crippen molar-refractivity contribution in [1.29, 1.82) is 0 Å². The Kier molecular flexibility index (Phi) is 8.17. The number of benzene rings is 1. The van der Waals surface area contributed by atoms with Crippen molar-refractivity contribution in [2.75, 3.05) is 24.1 Å². The third-order valence-corrected chi connectivity index (χ3v) is 8.53. The average molecular weight is 549 g/mol. The van der Waals surface area contributed by atoms with E-state index in [1.807, 2.05) is 25.1 Å². The fourth-order valence-electron chi connectivity index (χ4n) is 5.19. The first-order chi connectivity index (χ1) is 17.8. The molecule has 1 aromatic carbocycles. The molecule has 13 heteroatoms. The molecule has 4 atom stereocenters. The summed E-state index contributed by atoms with van der Waals surface area (Å²) in [6.07, 6.45) is 4.54. The van der Waals surface area contributed by atoms with Gasteiger partial charge in [0.05, 0.1) is 0 Å². The summed E-state index contributed by atoms with van der Waals surface area (Å²) < 4.78 is 82.4. The van der Waals surface area contributed by atoms with E-state index in [-0.39, 0.29) is 47.3 Å². The van der Waals surface area contributed by atoms with E-state index in [4.69, 9.17) is 7.85 Å². The first-order valence-electron chi connectivity index (χ1n) is 12.1. The number of aromatic nitrogens is 2. The third-order valence-electron chi connectivity index (χ3n) is 7.16. The molecule has 1 saturated carbocycles. The van der Waals surface area contributed by atoms with Gasteiger partial charge in [0.2, 0.25) is 0 Å². The number of hydrogen-bond donors (Lipinski definition) is 2. The van der Waals surface area contributed by atoms with E-state index >= 15 is 4.39 Å². The number of rotatable bonds is 7. The van der Waals surface area contributed by atoms with E-state index < -0.39 is 32.5 Å². The molecule has 2 radical (unpaired) electrons. The lowest BCUT2D eigenvalue weighted by Gasteiger charge is -2.43. The zero-order chi connectivity index (χ0) is 27.7. The van der Waals surface area contributed by atoms with Crippen molar-refractivity contribution in [3.05, 3.63) is 60.3 Å². The van der Waals surface area contributed by atoms with Crippen LogP contribution >= 0.6 is 0 Å². The number of allylic oxidation sites excluding steroid dienone is 4. The van der Waals surface area contributed by atoms with Crippen molar-refractivity contribution >= 4 is 34.8 Å². The van der Waals surface area contributed by atoms with E-state index in [1.54, 1.807) is 0 Å². The van der Waals surface area contributed by atoms with Gasteiger partial charge in [-0.05, 0) is 69.8 Å². The number of hydrogen-bond acceptors (Lipinski definition) is 6. The number of halogens is 4. The first-order valence-corrected chi connectivity index (χ1v) is 13.6. The largest absolute Gasteiger partial charge is 0.412 e. The molecule has 2 aliphatic carbocycles. The Morgan fingerprint density at radius 2 is 1.95 bits per heavy atom. The summed E-state index contributed by atoms with van der Waals surface area (Å²) in [7, 11) is 5.61. The molecule has 2 aliphatic rings. The van der Waals surface area contributed by atoms with Gasteiger partial charge in [0.1, 0.15) is 30.7 Å². The second kappa shape index (κ2) is 11.1. The Morgan fingerprint density at radius 3 is 2.61 bits per heavy atom. The maximum absolute atomic E-state index is 15.0. The van der Waals surface area contributed by atoms with Crippen LogP contribution in [0.1, 0.15) is 25.7 Å². The molecule has 202 valence electrons. The van der Waals surface area contributed by atoms with Crippen LogP contribution in [0.25, 0.3) is 0 Å². The minimum absolute atomic E-state index is 0.0172. The maximum Gasteiger partial charge on any atom is 0.412 e. The van der Waals surface area contributed by atoms with Gasteiger partial charge in [-0.25, -0.2) is 22.8 Å². The molecule has 2 unspecified atom stereocenters.